The van der Waals surface area contributed by atoms with E-state index in [4.69, 9.17) is 0 Å². The first-order valence-electron chi connectivity index (χ1n) is 9.30. The second-order valence-electron chi connectivity index (χ2n) is 6.95. The summed E-state index contributed by atoms with van der Waals surface area (Å²) in [6, 6.07) is 8.56. The second kappa shape index (κ2) is 9.36. The number of carbonyl (C=O) groups excluding carboxylic acids is 2. The molecular formula is C20H28N2O4. The second-order valence-corrected chi connectivity index (χ2v) is 6.95. The monoisotopic (exact) mass is 360 g/mol. The summed E-state index contributed by atoms with van der Waals surface area (Å²) in [6.07, 6.45) is 2.79. The van der Waals surface area contributed by atoms with Crippen LogP contribution in [0.15, 0.2) is 30.3 Å². The summed E-state index contributed by atoms with van der Waals surface area (Å²) >= 11 is 0. The van der Waals surface area contributed by atoms with Crippen molar-refractivity contribution in [1.82, 2.24) is 10.2 Å². The van der Waals surface area contributed by atoms with Crippen LogP contribution in [0, 0.1) is 11.8 Å². The molecule has 3 unspecified atom stereocenters. The highest BCUT2D eigenvalue weighted by Gasteiger charge is 2.32. The lowest BCUT2D eigenvalue weighted by atomic mass is 9.92. The molecule has 0 aromatic heterocycles. The van der Waals surface area contributed by atoms with Crippen LogP contribution >= 0.6 is 0 Å². The molecule has 2 amide bonds. The van der Waals surface area contributed by atoms with Gasteiger partial charge in [-0.25, -0.2) is 0 Å². The minimum absolute atomic E-state index is 0.0866. The Hall–Kier alpha value is -2.37. The van der Waals surface area contributed by atoms with E-state index >= 15 is 0 Å². The lowest BCUT2D eigenvalue weighted by molar-refractivity contribution is -0.142. The van der Waals surface area contributed by atoms with Gasteiger partial charge in [0.1, 0.15) is 0 Å². The van der Waals surface area contributed by atoms with Crippen molar-refractivity contribution in [3.05, 3.63) is 35.9 Å². The molecular weight excluding hydrogens is 332 g/mol. The molecule has 0 spiro atoms. The van der Waals surface area contributed by atoms with Crippen LogP contribution in [0.2, 0.25) is 0 Å². The molecule has 142 valence electrons. The highest BCUT2D eigenvalue weighted by atomic mass is 16.4. The van der Waals surface area contributed by atoms with Crippen LogP contribution in [-0.2, 0) is 14.4 Å². The summed E-state index contributed by atoms with van der Waals surface area (Å²) in [5.41, 5.74) is 0.769. The van der Waals surface area contributed by atoms with Gasteiger partial charge in [-0.05, 0) is 31.7 Å². The molecule has 1 aromatic carbocycles. The lowest BCUT2D eigenvalue weighted by Gasteiger charge is -2.33. The summed E-state index contributed by atoms with van der Waals surface area (Å²) in [5.74, 6) is -2.09. The summed E-state index contributed by atoms with van der Waals surface area (Å²) in [7, 11) is 0. The van der Waals surface area contributed by atoms with Crippen molar-refractivity contribution < 1.29 is 19.5 Å². The van der Waals surface area contributed by atoms with Gasteiger partial charge in [-0.2, -0.15) is 0 Å². The SMILES string of the molecule is CCCC(=O)N1CCCC(C(=O)NC(c2ccccc2)C(C)C(=O)O)C1. The van der Waals surface area contributed by atoms with E-state index in [1.54, 1.807) is 11.8 Å². The van der Waals surface area contributed by atoms with Gasteiger partial charge in [0.2, 0.25) is 11.8 Å². The van der Waals surface area contributed by atoms with E-state index in [-0.39, 0.29) is 17.7 Å². The molecule has 1 saturated heterocycles. The average Bonchev–Trinajstić information content (AvgIpc) is 2.66. The van der Waals surface area contributed by atoms with Gasteiger partial charge in [-0.3, -0.25) is 14.4 Å². The minimum Gasteiger partial charge on any atom is -0.481 e. The van der Waals surface area contributed by atoms with Crippen LogP contribution in [0.3, 0.4) is 0 Å². The first-order valence-corrected chi connectivity index (χ1v) is 9.30. The third-order valence-electron chi connectivity index (χ3n) is 4.95. The maximum absolute atomic E-state index is 12.8. The number of aliphatic carboxylic acids is 1. The van der Waals surface area contributed by atoms with Gasteiger partial charge in [-0.1, -0.05) is 37.3 Å². The molecule has 1 heterocycles. The van der Waals surface area contributed by atoms with Crippen LogP contribution in [-0.4, -0.2) is 40.9 Å². The molecule has 0 bridgehead atoms. The molecule has 2 rings (SSSR count). The minimum atomic E-state index is -0.956. The molecule has 0 aliphatic carbocycles. The molecule has 0 saturated carbocycles. The number of hydrogen-bond donors (Lipinski definition) is 2. The molecule has 3 atom stereocenters. The summed E-state index contributed by atoms with van der Waals surface area (Å²) in [6.45, 7) is 4.66. The fourth-order valence-electron chi connectivity index (χ4n) is 3.36. The molecule has 1 fully saturated rings. The van der Waals surface area contributed by atoms with Gasteiger partial charge >= 0.3 is 5.97 Å². The highest BCUT2D eigenvalue weighted by Crippen LogP contribution is 2.25. The van der Waals surface area contributed by atoms with E-state index in [0.29, 0.717) is 25.9 Å². The fourth-order valence-corrected chi connectivity index (χ4v) is 3.36. The number of nitrogens with one attached hydrogen (secondary N) is 1. The number of hydrogen-bond acceptors (Lipinski definition) is 3. The third kappa shape index (κ3) is 5.07. The van der Waals surface area contributed by atoms with Gasteiger partial charge < -0.3 is 15.3 Å². The Morgan fingerprint density at radius 1 is 1.27 bits per heavy atom. The third-order valence-corrected chi connectivity index (χ3v) is 4.95. The smallest absolute Gasteiger partial charge is 0.308 e. The molecule has 1 aliphatic heterocycles. The van der Waals surface area contributed by atoms with Crippen molar-refractivity contribution >= 4 is 17.8 Å². The van der Waals surface area contributed by atoms with Crippen LogP contribution in [0.1, 0.15) is 51.1 Å². The van der Waals surface area contributed by atoms with Crippen molar-refractivity contribution in [3.8, 4) is 0 Å². The standard InChI is InChI=1S/C20H28N2O4/c1-3-8-17(23)22-12-7-11-16(13-22)19(24)21-18(14(2)20(25)26)15-9-5-4-6-10-15/h4-6,9-10,14,16,18H,3,7-8,11-13H2,1-2H3,(H,21,24)(H,25,26). The number of benzene rings is 1. The Labute approximate surface area is 154 Å². The van der Waals surface area contributed by atoms with E-state index in [0.717, 1.165) is 18.4 Å². The normalized spacial score (nSPS) is 19.5. The Bertz CT molecular complexity index is 632. The molecule has 6 nitrogen and oxygen atoms in total. The number of amides is 2. The molecule has 26 heavy (non-hydrogen) atoms. The van der Waals surface area contributed by atoms with Crippen molar-refractivity contribution in [1.29, 1.82) is 0 Å². The van der Waals surface area contributed by atoms with Crippen LogP contribution in [0.5, 0.6) is 0 Å². The van der Waals surface area contributed by atoms with Crippen molar-refractivity contribution in [3.63, 3.8) is 0 Å². The zero-order chi connectivity index (χ0) is 19.1. The summed E-state index contributed by atoms with van der Waals surface area (Å²) in [5, 5.41) is 12.3. The number of carboxylic acid groups (broad SMARTS) is 1. The highest BCUT2D eigenvalue weighted by molar-refractivity contribution is 5.82. The van der Waals surface area contributed by atoms with Crippen molar-refractivity contribution in [2.75, 3.05) is 13.1 Å². The van der Waals surface area contributed by atoms with E-state index in [1.165, 1.54) is 0 Å². The van der Waals surface area contributed by atoms with E-state index < -0.39 is 17.9 Å². The summed E-state index contributed by atoms with van der Waals surface area (Å²) < 4.78 is 0. The molecule has 1 aromatic rings. The predicted octanol–water partition coefficient (Wildman–Crippen LogP) is 2.60. The number of carboxylic acids is 1. The van der Waals surface area contributed by atoms with Crippen molar-refractivity contribution in [2.24, 2.45) is 11.8 Å². The first kappa shape index (κ1) is 19.9. The zero-order valence-corrected chi connectivity index (χ0v) is 15.5. The largest absolute Gasteiger partial charge is 0.481 e. The van der Waals surface area contributed by atoms with Crippen LogP contribution in [0.25, 0.3) is 0 Å². The predicted molar refractivity (Wildman–Crippen MR) is 98.3 cm³/mol. The maximum atomic E-state index is 12.8. The van der Waals surface area contributed by atoms with Gasteiger partial charge in [0, 0.05) is 19.5 Å². The average molecular weight is 360 g/mol. The summed E-state index contributed by atoms with van der Waals surface area (Å²) in [4.78, 5) is 38.2. The van der Waals surface area contributed by atoms with E-state index in [9.17, 15) is 19.5 Å². The Kier molecular flexibility index (Phi) is 7.18. The molecule has 0 radical (unpaired) electrons. The Morgan fingerprint density at radius 3 is 2.58 bits per heavy atom. The maximum Gasteiger partial charge on any atom is 0.308 e. The Balaban J connectivity index is 2.09. The molecule has 1 aliphatic rings. The number of carbonyl (C=O) groups is 3. The molecule has 2 N–H and O–H groups in total. The van der Waals surface area contributed by atoms with Gasteiger partial charge in [-0.15, -0.1) is 0 Å². The Morgan fingerprint density at radius 2 is 1.96 bits per heavy atom. The first-order chi connectivity index (χ1) is 12.4. The van der Waals surface area contributed by atoms with E-state index in [1.807, 2.05) is 37.3 Å². The number of piperidine rings is 1. The quantitative estimate of drug-likeness (QED) is 0.782. The van der Waals surface area contributed by atoms with Gasteiger partial charge in [0.25, 0.3) is 0 Å². The lowest BCUT2D eigenvalue weighted by Crippen LogP contribution is -2.47. The number of likely N-dealkylation sites (tertiary alicyclic amines) is 1. The topological polar surface area (TPSA) is 86.7 Å². The van der Waals surface area contributed by atoms with Crippen LogP contribution < -0.4 is 5.32 Å². The molecule has 6 heteroatoms. The fraction of sp³-hybridized carbons (Fsp3) is 0.550. The number of rotatable bonds is 7. The zero-order valence-electron chi connectivity index (χ0n) is 15.5. The van der Waals surface area contributed by atoms with Crippen LogP contribution in [0.4, 0.5) is 0 Å². The van der Waals surface area contributed by atoms with E-state index in [2.05, 4.69) is 5.32 Å². The van der Waals surface area contributed by atoms with Crippen molar-refractivity contribution in [2.45, 2.75) is 45.6 Å². The number of nitrogens with zero attached hydrogens (tertiary/aromatic N) is 1. The van der Waals surface area contributed by atoms with Gasteiger partial charge in [0.05, 0.1) is 17.9 Å². The van der Waals surface area contributed by atoms with Gasteiger partial charge in [0.15, 0.2) is 0 Å².